The summed E-state index contributed by atoms with van der Waals surface area (Å²) in [4.78, 5) is 11.1. The summed E-state index contributed by atoms with van der Waals surface area (Å²) in [7, 11) is 0. The van der Waals surface area contributed by atoms with Crippen LogP contribution in [0.25, 0.3) is 0 Å². The SMILES string of the molecule is CCNC(=NCc1c(F)cccc1OC(F)F)NC1CCN(c2ccc(C)cn2)CC1. The van der Waals surface area contributed by atoms with Crippen LogP contribution in [0.3, 0.4) is 0 Å². The largest absolute Gasteiger partial charge is 0.434 e. The highest BCUT2D eigenvalue weighted by molar-refractivity contribution is 5.80. The quantitative estimate of drug-likeness (QED) is 0.511. The van der Waals surface area contributed by atoms with Gasteiger partial charge in [0.05, 0.1) is 12.1 Å². The zero-order valence-electron chi connectivity index (χ0n) is 17.7. The molecule has 2 aromatic rings. The van der Waals surface area contributed by atoms with Gasteiger partial charge in [0.25, 0.3) is 0 Å². The molecule has 1 saturated heterocycles. The number of aromatic nitrogens is 1. The molecule has 0 spiro atoms. The fourth-order valence-corrected chi connectivity index (χ4v) is 3.47. The van der Waals surface area contributed by atoms with Crippen molar-refractivity contribution >= 4 is 11.8 Å². The Morgan fingerprint density at radius 1 is 1.26 bits per heavy atom. The Balaban J connectivity index is 1.62. The number of halogens is 3. The van der Waals surface area contributed by atoms with E-state index in [2.05, 4.69) is 36.3 Å². The fourth-order valence-electron chi connectivity index (χ4n) is 3.47. The van der Waals surface area contributed by atoms with Gasteiger partial charge in [0, 0.05) is 31.9 Å². The molecule has 9 heteroatoms. The van der Waals surface area contributed by atoms with Crippen molar-refractivity contribution in [2.45, 2.75) is 45.9 Å². The van der Waals surface area contributed by atoms with E-state index in [1.165, 1.54) is 18.2 Å². The molecule has 2 heterocycles. The number of rotatable bonds is 7. The Kier molecular flexibility index (Phi) is 7.97. The summed E-state index contributed by atoms with van der Waals surface area (Å²) in [6.07, 6.45) is 3.64. The van der Waals surface area contributed by atoms with Crippen molar-refractivity contribution < 1.29 is 17.9 Å². The van der Waals surface area contributed by atoms with Gasteiger partial charge in [0.15, 0.2) is 5.96 Å². The number of hydrogen-bond donors (Lipinski definition) is 2. The topological polar surface area (TPSA) is 61.8 Å². The first-order valence-electron chi connectivity index (χ1n) is 10.4. The summed E-state index contributed by atoms with van der Waals surface area (Å²) < 4.78 is 43.9. The standard InChI is InChI=1S/C22H28F3N5O/c1-3-26-22(28-14-17-18(23)5-4-6-19(17)31-21(24)25)29-16-9-11-30(12-10-16)20-8-7-15(2)13-27-20/h4-8,13,16,21H,3,9-12,14H2,1-2H3,(H2,26,28,29). The zero-order valence-corrected chi connectivity index (χ0v) is 17.7. The highest BCUT2D eigenvalue weighted by atomic mass is 19.3. The highest BCUT2D eigenvalue weighted by Crippen LogP contribution is 2.24. The smallest absolute Gasteiger partial charge is 0.387 e. The molecule has 6 nitrogen and oxygen atoms in total. The second kappa shape index (κ2) is 10.9. The molecule has 168 valence electrons. The molecule has 1 aliphatic heterocycles. The van der Waals surface area contributed by atoms with Gasteiger partial charge in [-0.3, -0.25) is 0 Å². The van der Waals surface area contributed by atoms with Crippen LogP contribution in [0.1, 0.15) is 30.9 Å². The third-order valence-electron chi connectivity index (χ3n) is 5.09. The first-order valence-corrected chi connectivity index (χ1v) is 10.4. The van der Waals surface area contributed by atoms with Crippen LogP contribution in [0, 0.1) is 12.7 Å². The molecule has 31 heavy (non-hydrogen) atoms. The maximum Gasteiger partial charge on any atom is 0.387 e. The number of aryl methyl sites for hydroxylation is 1. The van der Waals surface area contributed by atoms with Gasteiger partial charge in [-0.15, -0.1) is 0 Å². The number of anilines is 1. The number of guanidine groups is 1. The van der Waals surface area contributed by atoms with Gasteiger partial charge in [-0.25, -0.2) is 14.4 Å². The number of benzene rings is 1. The van der Waals surface area contributed by atoms with Gasteiger partial charge < -0.3 is 20.3 Å². The first-order chi connectivity index (χ1) is 15.0. The van der Waals surface area contributed by atoms with E-state index in [-0.39, 0.29) is 23.9 Å². The van der Waals surface area contributed by atoms with Crippen LogP contribution in [0.2, 0.25) is 0 Å². The zero-order chi connectivity index (χ0) is 22.2. The van der Waals surface area contributed by atoms with E-state index < -0.39 is 12.4 Å². The molecule has 1 aliphatic rings. The van der Waals surface area contributed by atoms with Crippen LogP contribution >= 0.6 is 0 Å². The maximum absolute atomic E-state index is 14.2. The van der Waals surface area contributed by atoms with Crippen LogP contribution in [-0.4, -0.2) is 43.2 Å². The molecule has 0 radical (unpaired) electrons. The summed E-state index contributed by atoms with van der Waals surface area (Å²) in [5.74, 6) is 0.654. The number of nitrogens with zero attached hydrogens (tertiary/aromatic N) is 3. The van der Waals surface area contributed by atoms with E-state index in [0.717, 1.165) is 37.3 Å². The summed E-state index contributed by atoms with van der Waals surface area (Å²) in [5.41, 5.74) is 1.13. The Labute approximate surface area is 180 Å². The molecule has 2 N–H and O–H groups in total. The molecule has 0 saturated carbocycles. The molecule has 0 amide bonds. The average Bonchev–Trinajstić information content (AvgIpc) is 2.74. The van der Waals surface area contributed by atoms with Crippen LogP contribution in [0.15, 0.2) is 41.5 Å². The minimum Gasteiger partial charge on any atom is -0.434 e. The predicted octanol–water partition coefficient (Wildman–Crippen LogP) is 3.85. The van der Waals surface area contributed by atoms with Crippen LogP contribution in [-0.2, 0) is 6.54 Å². The minimum atomic E-state index is -3.02. The van der Waals surface area contributed by atoms with Crippen molar-refractivity contribution in [1.29, 1.82) is 0 Å². The number of nitrogens with one attached hydrogen (secondary N) is 2. The molecule has 0 unspecified atom stereocenters. The van der Waals surface area contributed by atoms with E-state index in [9.17, 15) is 13.2 Å². The van der Waals surface area contributed by atoms with E-state index >= 15 is 0 Å². The lowest BCUT2D eigenvalue weighted by Gasteiger charge is -2.33. The predicted molar refractivity (Wildman–Crippen MR) is 115 cm³/mol. The molecular formula is C22H28F3N5O. The normalized spacial score (nSPS) is 15.3. The number of ether oxygens (including phenoxy) is 1. The Hall–Kier alpha value is -2.97. The highest BCUT2D eigenvalue weighted by Gasteiger charge is 2.21. The molecule has 0 aliphatic carbocycles. The average molecular weight is 435 g/mol. The van der Waals surface area contributed by atoms with E-state index in [0.29, 0.717) is 12.5 Å². The second-order valence-electron chi connectivity index (χ2n) is 7.39. The number of hydrogen-bond acceptors (Lipinski definition) is 4. The monoisotopic (exact) mass is 435 g/mol. The minimum absolute atomic E-state index is 0.000248. The number of aliphatic imine (C=N–C) groups is 1. The lowest BCUT2D eigenvalue weighted by atomic mass is 10.1. The van der Waals surface area contributed by atoms with Crippen LogP contribution in [0.4, 0.5) is 19.0 Å². The van der Waals surface area contributed by atoms with Crippen molar-refractivity contribution in [3.05, 3.63) is 53.5 Å². The van der Waals surface area contributed by atoms with E-state index in [1.54, 1.807) is 0 Å². The lowest BCUT2D eigenvalue weighted by molar-refractivity contribution is -0.0506. The van der Waals surface area contributed by atoms with Gasteiger partial charge in [0.2, 0.25) is 0 Å². The molecule has 0 bridgehead atoms. The van der Waals surface area contributed by atoms with Crippen molar-refractivity contribution in [3.63, 3.8) is 0 Å². The molecule has 1 aromatic carbocycles. The summed E-state index contributed by atoms with van der Waals surface area (Å²) >= 11 is 0. The van der Waals surface area contributed by atoms with Gasteiger partial charge in [-0.2, -0.15) is 8.78 Å². The summed E-state index contributed by atoms with van der Waals surface area (Å²) in [6.45, 7) is 3.13. The van der Waals surface area contributed by atoms with Crippen LogP contribution in [0.5, 0.6) is 5.75 Å². The number of alkyl halides is 2. The van der Waals surface area contributed by atoms with Gasteiger partial charge >= 0.3 is 6.61 Å². The molecule has 0 atom stereocenters. The fraction of sp³-hybridized carbons (Fsp3) is 0.455. The number of pyridine rings is 1. The summed E-state index contributed by atoms with van der Waals surface area (Å²) in [5, 5.41) is 6.50. The molecule has 1 fully saturated rings. The molecular weight excluding hydrogens is 407 g/mol. The Morgan fingerprint density at radius 2 is 2.03 bits per heavy atom. The second-order valence-corrected chi connectivity index (χ2v) is 7.39. The first kappa shape index (κ1) is 22.7. The number of piperidine rings is 1. The van der Waals surface area contributed by atoms with Gasteiger partial charge in [-0.1, -0.05) is 12.1 Å². The van der Waals surface area contributed by atoms with Gasteiger partial charge in [-0.05, 0) is 50.5 Å². The molecule has 3 rings (SSSR count). The van der Waals surface area contributed by atoms with Crippen molar-refractivity contribution in [1.82, 2.24) is 15.6 Å². The van der Waals surface area contributed by atoms with E-state index in [1.807, 2.05) is 26.1 Å². The third kappa shape index (κ3) is 6.50. The Bertz CT molecular complexity index is 868. The summed E-state index contributed by atoms with van der Waals surface area (Å²) in [6, 6.07) is 8.13. The van der Waals surface area contributed by atoms with Crippen LogP contribution < -0.4 is 20.3 Å². The molecule has 1 aromatic heterocycles. The third-order valence-corrected chi connectivity index (χ3v) is 5.09. The van der Waals surface area contributed by atoms with Crippen molar-refractivity contribution in [3.8, 4) is 5.75 Å². The van der Waals surface area contributed by atoms with E-state index in [4.69, 9.17) is 0 Å². The lowest BCUT2D eigenvalue weighted by Crippen LogP contribution is -2.48. The maximum atomic E-state index is 14.2. The van der Waals surface area contributed by atoms with Crippen molar-refractivity contribution in [2.75, 3.05) is 24.5 Å². The Morgan fingerprint density at radius 3 is 2.68 bits per heavy atom. The van der Waals surface area contributed by atoms with Gasteiger partial charge in [0.1, 0.15) is 17.4 Å². The van der Waals surface area contributed by atoms with Crippen molar-refractivity contribution in [2.24, 2.45) is 4.99 Å².